The molecule has 4 aliphatic heterocycles. The summed E-state index contributed by atoms with van der Waals surface area (Å²) in [6.45, 7) is 40.7. The number of nitrogens with one attached hydrogen (secondary N) is 2. The fraction of sp³-hybridized carbons (Fsp3) is 0.541. The van der Waals surface area contributed by atoms with Crippen molar-refractivity contribution >= 4 is 88.6 Å². The number of carbonyl (C=O) groups excluding carboxylic acids is 4. The molecule has 10 heterocycles. The van der Waals surface area contributed by atoms with Crippen LogP contribution in [-0.4, -0.2) is 154 Å². The van der Waals surface area contributed by atoms with Crippen LogP contribution in [0.1, 0.15) is 231 Å². The minimum atomic E-state index is -0.633. The summed E-state index contributed by atoms with van der Waals surface area (Å²) < 4.78 is 50.1. The molecule has 6 aromatic heterocycles. The second-order valence-corrected chi connectivity index (χ2v) is 34.2. The lowest BCUT2D eigenvalue weighted by Gasteiger charge is -2.32. The fourth-order valence-electron chi connectivity index (χ4n) is 11.4. The summed E-state index contributed by atoms with van der Waals surface area (Å²) in [6, 6.07) is 15.5. The van der Waals surface area contributed by atoms with E-state index in [1.165, 1.54) is 0 Å². The number of fused-ring (bicyclic) bond motifs is 2. The number of aromatic nitrogens is 12. The number of anilines is 4. The highest BCUT2D eigenvalue weighted by molar-refractivity contribution is 9.10. The van der Waals surface area contributed by atoms with Gasteiger partial charge in [0.25, 0.3) is 0 Å². The fourth-order valence-corrected chi connectivity index (χ4v) is 12.0. The molecule has 32 heteroatoms. The van der Waals surface area contributed by atoms with Gasteiger partial charge in [-0.3, -0.25) is 19.0 Å². The molecule has 2 amide bonds. The molecule has 8 aromatic rings. The maximum Gasteiger partial charge on any atom is 0.488 e. The van der Waals surface area contributed by atoms with Crippen molar-refractivity contribution < 1.29 is 56.3 Å². The highest BCUT2D eigenvalue weighted by Gasteiger charge is 2.64. The first-order valence-corrected chi connectivity index (χ1v) is 36.5. The molecule has 0 saturated carbocycles. The van der Waals surface area contributed by atoms with Crippen molar-refractivity contribution in [1.82, 2.24) is 69.6 Å². The third kappa shape index (κ3) is 21.4. The molecule has 0 unspecified atom stereocenters. The number of halogens is 2. The van der Waals surface area contributed by atoms with Crippen molar-refractivity contribution in [3.63, 3.8) is 0 Å². The van der Waals surface area contributed by atoms with Gasteiger partial charge < -0.3 is 57.6 Å². The van der Waals surface area contributed by atoms with Crippen LogP contribution in [0.25, 0.3) is 11.3 Å². The molecule has 0 radical (unpaired) electrons. The van der Waals surface area contributed by atoms with Gasteiger partial charge in [0.1, 0.15) is 16.4 Å². The van der Waals surface area contributed by atoms with Gasteiger partial charge in [0, 0.05) is 98.8 Å². The van der Waals surface area contributed by atoms with Crippen LogP contribution in [0, 0.1) is 0 Å². The van der Waals surface area contributed by atoms with E-state index in [9.17, 15) is 19.2 Å². The number of carbonyl (C=O) groups is 4. The molecular formula is C74H100B2BrClN16O12. The summed E-state index contributed by atoms with van der Waals surface area (Å²) in [5.41, 5.74) is 3.83. The highest BCUT2D eigenvalue weighted by Crippen LogP contribution is 2.44. The van der Waals surface area contributed by atoms with E-state index in [0.717, 1.165) is 43.7 Å². The summed E-state index contributed by atoms with van der Waals surface area (Å²) in [5.74, 6) is 1.36. The molecule has 4 aliphatic rings. The molecule has 28 nitrogen and oxygen atoms in total. The van der Waals surface area contributed by atoms with Crippen LogP contribution in [0.2, 0.25) is 5.15 Å². The molecule has 2 saturated heterocycles. The Morgan fingerprint density at radius 1 is 0.566 bits per heavy atom. The normalized spacial score (nSPS) is 18.1. The Labute approximate surface area is 634 Å². The van der Waals surface area contributed by atoms with Crippen molar-refractivity contribution in [1.29, 1.82) is 0 Å². The lowest BCUT2D eigenvalue weighted by Crippen LogP contribution is -2.41. The molecule has 2 aromatic carbocycles. The van der Waals surface area contributed by atoms with Crippen LogP contribution in [0.5, 0.6) is 0 Å². The van der Waals surface area contributed by atoms with Crippen molar-refractivity contribution in [3.05, 3.63) is 141 Å². The summed E-state index contributed by atoms with van der Waals surface area (Å²) in [5, 5.41) is 22.6. The Morgan fingerprint density at radius 2 is 0.972 bits per heavy atom. The third-order valence-corrected chi connectivity index (χ3v) is 19.1. The van der Waals surface area contributed by atoms with Gasteiger partial charge in [-0.25, -0.2) is 29.5 Å². The molecular weight excluding hydrogens is 1440 g/mol. The van der Waals surface area contributed by atoms with Crippen LogP contribution >= 0.6 is 27.5 Å². The number of benzene rings is 2. The zero-order valence-electron chi connectivity index (χ0n) is 65.0. The molecule has 2 fully saturated rings. The van der Waals surface area contributed by atoms with E-state index < -0.39 is 31.3 Å². The van der Waals surface area contributed by atoms with Crippen LogP contribution in [0.15, 0.2) is 99.2 Å². The quantitative estimate of drug-likeness (QED) is 0.0652. The van der Waals surface area contributed by atoms with E-state index in [1.54, 1.807) is 50.0 Å². The summed E-state index contributed by atoms with van der Waals surface area (Å²) >= 11 is 9.22. The summed E-state index contributed by atoms with van der Waals surface area (Å²) in [6.07, 6.45) is 11.2. The van der Waals surface area contributed by atoms with E-state index in [-0.39, 0.29) is 87.2 Å². The van der Waals surface area contributed by atoms with E-state index in [1.807, 2.05) is 207 Å². The first kappa shape index (κ1) is 81.6. The number of hydrogen-bond donors (Lipinski definition) is 2. The molecule has 0 spiro atoms. The van der Waals surface area contributed by atoms with Crippen LogP contribution < -0.4 is 10.6 Å². The average Bonchev–Trinajstić information content (AvgIpc) is 1.59. The zero-order valence-corrected chi connectivity index (χ0v) is 67.3. The SMILES string of the molecule is CC(C)(C)OC(=O)N1CC[C@@H](CC(=O)c2noc(C(C)(C)C)n2)c2ccc(Br)cc2C1.CC1(C)OB(B2OC(C)(C)C(C)(C)O2)OC1(C)C.Cn1cc(Nc2nccc(-c3ccc4c(c3)CN(C(=O)OC(C)(C)C)CC[C@H]4CC(=O)c3noc(C(C)(C)C)n3)n2)cn1.Cn1cc(Nc2nccc(Cl)n2)cn1. The smallest absolute Gasteiger partial charge is 0.444 e. The van der Waals surface area contributed by atoms with Crippen molar-refractivity contribution in [2.24, 2.45) is 14.1 Å². The second kappa shape index (κ2) is 32.1. The maximum absolute atomic E-state index is 13.3. The van der Waals surface area contributed by atoms with Crippen LogP contribution in [-0.2, 0) is 66.1 Å². The van der Waals surface area contributed by atoms with Gasteiger partial charge in [0.15, 0.2) is 0 Å². The molecule has 12 rings (SSSR count). The topological polar surface area (TPSA) is 319 Å². The van der Waals surface area contributed by atoms with E-state index >= 15 is 0 Å². The maximum atomic E-state index is 13.3. The van der Waals surface area contributed by atoms with Crippen molar-refractivity contribution in [2.75, 3.05) is 23.7 Å². The first-order chi connectivity index (χ1) is 49.2. The highest BCUT2D eigenvalue weighted by atomic mass is 79.9. The largest absolute Gasteiger partial charge is 0.488 e. The molecule has 0 aliphatic carbocycles. The van der Waals surface area contributed by atoms with Gasteiger partial charge in [0.2, 0.25) is 46.9 Å². The minimum Gasteiger partial charge on any atom is -0.444 e. The minimum absolute atomic E-state index is 0.0559. The standard InChI is InChI=1S/C31H38N8O4.C23H30BrN3O4.C12H24B2O4.C8H8ClN5/c1-30(2,3)27-36-26(37-43-27)25(40)15-19-11-13-39(29(41)42-31(4,5)6)17-21-14-20(8-9-23(19)21)24-10-12-32-28(35-24)34-22-16-33-38(7)18-22;1-22(2,3)20-25-19(26-31-20)18(28)12-14-9-10-27(21(29)30-23(4,5)6)13-15-11-16(24)7-8-17(14)15;1-9(2)10(3,4)16-13(15-9)14-17-11(5,6)12(7,8)18-14;1-14-5-6(4-11-14)12-8-10-3-2-7(9)13-8/h8-10,12,14,16,18-19H,11,13,15,17H2,1-7H3,(H,32,34,35);7-8,11,14H,9-10,12-13H2,1-6H3;1-8H3;2-5H,1H3,(H,10,12,13)/t19-;14-;;/m00../s1. The van der Waals surface area contributed by atoms with Crippen molar-refractivity contribution in [2.45, 2.75) is 234 Å². The Bertz CT molecular complexity index is 4350. The number of ether oxygens (including phenoxy) is 2. The summed E-state index contributed by atoms with van der Waals surface area (Å²) in [7, 11) is 2.72. The van der Waals surface area contributed by atoms with Gasteiger partial charge in [-0.15, -0.1) is 0 Å². The Balaban J connectivity index is 0.000000178. The van der Waals surface area contributed by atoms with Gasteiger partial charge >= 0.3 is 26.2 Å². The first-order valence-electron chi connectivity index (χ1n) is 35.4. The van der Waals surface area contributed by atoms with Crippen LogP contribution in [0.3, 0.4) is 0 Å². The molecule has 568 valence electrons. The summed E-state index contributed by atoms with van der Waals surface area (Å²) in [4.78, 5) is 81.3. The van der Waals surface area contributed by atoms with Crippen molar-refractivity contribution in [3.8, 4) is 11.3 Å². The third-order valence-electron chi connectivity index (χ3n) is 18.4. The van der Waals surface area contributed by atoms with Gasteiger partial charge in [-0.1, -0.05) is 97.6 Å². The lowest BCUT2D eigenvalue weighted by atomic mass is 9.49. The molecule has 2 N–H and O–H groups in total. The van der Waals surface area contributed by atoms with E-state index in [0.29, 0.717) is 73.5 Å². The predicted octanol–water partition coefficient (Wildman–Crippen LogP) is 15.3. The lowest BCUT2D eigenvalue weighted by molar-refractivity contribution is 0.00578. The number of hydrogen-bond acceptors (Lipinski definition) is 24. The number of amides is 2. The monoisotopic (exact) mass is 1540 g/mol. The van der Waals surface area contributed by atoms with Gasteiger partial charge in [-0.05, 0) is 174 Å². The second-order valence-electron chi connectivity index (χ2n) is 32.9. The average molecular weight is 1540 g/mol. The van der Waals surface area contributed by atoms with Gasteiger partial charge in [0.05, 0.1) is 51.9 Å². The number of aryl methyl sites for hydroxylation is 2. The molecule has 0 bridgehead atoms. The van der Waals surface area contributed by atoms with E-state index in [4.69, 9.17) is 53.7 Å². The van der Waals surface area contributed by atoms with Gasteiger partial charge in [-0.2, -0.15) is 20.2 Å². The number of rotatable bonds is 12. The zero-order chi connectivity index (χ0) is 77.9. The van der Waals surface area contributed by atoms with Crippen LogP contribution in [0.4, 0.5) is 32.9 Å². The number of Topliss-reactive ketones (excluding diaryl/α,β-unsaturated/α-hetero) is 2. The predicted molar refractivity (Wildman–Crippen MR) is 406 cm³/mol. The Kier molecular flexibility index (Phi) is 24.7. The molecule has 106 heavy (non-hydrogen) atoms. The Morgan fingerprint density at radius 3 is 1.36 bits per heavy atom. The molecule has 2 atom stereocenters. The number of nitrogens with zero attached hydrogens (tertiary/aromatic N) is 14. The van der Waals surface area contributed by atoms with E-state index in [2.05, 4.69) is 72.0 Å². The Hall–Kier alpha value is -8.48. The number of ketones is 2.